The molecule has 0 aliphatic carbocycles. The van der Waals surface area contributed by atoms with Gasteiger partial charge in [0.05, 0.1) is 6.61 Å². The van der Waals surface area contributed by atoms with E-state index >= 15 is 0 Å². The van der Waals surface area contributed by atoms with Crippen molar-refractivity contribution in [3.8, 4) is 0 Å². The van der Waals surface area contributed by atoms with Crippen LogP contribution < -0.4 is 5.32 Å². The van der Waals surface area contributed by atoms with Crippen molar-refractivity contribution in [3.63, 3.8) is 0 Å². The molecule has 0 unspecified atom stereocenters. The fourth-order valence-electron chi connectivity index (χ4n) is 1.28. The van der Waals surface area contributed by atoms with Crippen LogP contribution in [0.3, 0.4) is 0 Å². The summed E-state index contributed by atoms with van der Waals surface area (Å²) >= 11 is 5.01. The molecule has 0 bridgehead atoms. The molecule has 1 heterocycles. The quantitative estimate of drug-likeness (QED) is 0.720. The Bertz CT molecular complexity index is 343. The zero-order chi connectivity index (χ0) is 13.4. The second-order valence-corrected chi connectivity index (χ2v) is 5.65. The maximum Gasteiger partial charge on any atom is 0.389 e. The van der Waals surface area contributed by atoms with E-state index in [-0.39, 0.29) is 13.0 Å². The molecule has 0 amide bonds. The van der Waals surface area contributed by atoms with Gasteiger partial charge in [-0.25, -0.2) is 0 Å². The van der Waals surface area contributed by atoms with Crippen LogP contribution in [0.2, 0.25) is 0 Å². The van der Waals surface area contributed by atoms with E-state index < -0.39 is 12.6 Å². The van der Waals surface area contributed by atoms with Crippen molar-refractivity contribution in [3.05, 3.63) is 20.8 Å². The smallest absolute Gasteiger partial charge is 0.380 e. The van der Waals surface area contributed by atoms with Crippen LogP contribution in [-0.2, 0) is 11.3 Å². The van der Waals surface area contributed by atoms with Crippen LogP contribution in [0, 0.1) is 0 Å². The Morgan fingerprint density at radius 3 is 2.72 bits per heavy atom. The van der Waals surface area contributed by atoms with E-state index in [0.29, 0.717) is 13.2 Å². The predicted molar refractivity (Wildman–Crippen MR) is 69.8 cm³/mol. The van der Waals surface area contributed by atoms with Crippen molar-refractivity contribution in [2.24, 2.45) is 0 Å². The van der Waals surface area contributed by atoms with Crippen LogP contribution in [0.25, 0.3) is 0 Å². The van der Waals surface area contributed by atoms with Gasteiger partial charge >= 0.3 is 6.18 Å². The van der Waals surface area contributed by atoms with Crippen molar-refractivity contribution in [2.75, 3.05) is 19.8 Å². The van der Waals surface area contributed by atoms with E-state index in [1.165, 1.54) is 4.88 Å². The van der Waals surface area contributed by atoms with Gasteiger partial charge in [-0.2, -0.15) is 13.2 Å². The summed E-state index contributed by atoms with van der Waals surface area (Å²) in [5.41, 5.74) is 0. The van der Waals surface area contributed by atoms with Gasteiger partial charge in [-0.1, -0.05) is 0 Å². The summed E-state index contributed by atoms with van der Waals surface area (Å²) in [6.45, 7) is 1.99. The number of rotatable bonds is 8. The molecule has 0 radical (unpaired) electrons. The van der Waals surface area contributed by atoms with Gasteiger partial charge in [-0.15, -0.1) is 11.3 Å². The van der Waals surface area contributed by atoms with Crippen molar-refractivity contribution in [2.45, 2.75) is 25.6 Å². The first-order valence-corrected chi connectivity index (χ1v) is 7.23. The Morgan fingerprint density at radius 1 is 1.33 bits per heavy atom. The summed E-state index contributed by atoms with van der Waals surface area (Å²) in [6.07, 6.45) is -4.82. The lowest BCUT2D eigenvalue weighted by Gasteiger charge is -2.07. The zero-order valence-corrected chi connectivity index (χ0v) is 12.1. The minimum atomic E-state index is -4.08. The van der Waals surface area contributed by atoms with Gasteiger partial charge in [0.25, 0.3) is 0 Å². The topological polar surface area (TPSA) is 21.3 Å². The minimum Gasteiger partial charge on any atom is -0.380 e. The van der Waals surface area contributed by atoms with Crippen LogP contribution in [0.4, 0.5) is 13.2 Å². The second-order valence-electron chi connectivity index (χ2n) is 3.74. The lowest BCUT2D eigenvalue weighted by Crippen LogP contribution is -2.19. The van der Waals surface area contributed by atoms with E-state index in [4.69, 9.17) is 4.74 Å². The average Bonchev–Trinajstić information content (AvgIpc) is 2.67. The van der Waals surface area contributed by atoms with E-state index in [1.54, 1.807) is 11.3 Å². The van der Waals surface area contributed by atoms with Crippen LogP contribution in [0.5, 0.6) is 0 Å². The van der Waals surface area contributed by atoms with Crippen LogP contribution >= 0.6 is 27.3 Å². The van der Waals surface area contributed by atoms with Crippen molar-refractivity contribution >= 4 is 27.3 Å². The third-order valence-electron chi connectivity index (χ3n) is 2.09. The summed E-state index contributed by atoms with van der Waals surface area (Å²) in [6, 6.07) is 2.03. The number of alkyl halides is 3. The summed E-state index contributed by atoms with van der Waals surface area (Å²) < 4.78 is 41.6. The highest BCUT2D eigenvalue weighted by Gasteiger charge is 2.25. The molecule has 1 aromatic rings. The molecule has 0 aromatic carbocycles. The number of ether oxygens (including phenoxy) is 1. The Hall–Kier alpha value is -0.110. The first-order valence-electron chi connectivity index (χ1n) is 5.55. The summed E-state index contributed by atoms with van der Waals surface area (Å²) in [5, 5.41) is 5.17. The van der Waals surface area contributed by atoms with Crippen molar-refractivity contribution in [1.29, 1.82) is 0 Å². The first kappa shape index (κ1) is 15.9. The van der Waals surface area contributed by atoms with Gasteiger partial charge in [0, 0.05) is 40.8 Å². The Labute approximate surface area is 117 Å². The first-order chi connectivity index (χ1) is 8.47. The molecule has 1 rings (SSSR count). The lowest BCUT2D eigenvalue weighted by atomic mass is 10.3. The largest absolute Gasteiger partial charge is 0.389 e. The molecule has 0 fully saturated rings. The zero-order valence-electron chi connectivity index (χ0n) is 9.73. The molecule has 1 N–H and O–H groups in total. The van der Waals surface area contributed by atoms with Gasteiger partial charge in [-0.05, 0) is 28.4 Å². The van der Waals surface area contributed by atoms with E-state index in [2.05, 4.69) is 21.2 Å². The molecule has 0 saturated carbocycles. The summed E-state index contributed by atoms with van der Waals surface area (Å²) in [7, 11) is 0. The number of thiophene rings is 1. The molecule has 0 saturated heterocycles. The summed E-state index contributed by atoms with van der Waals surface area (Å²) in [5.74, 6) is 0. The fourth-order valence-corrected chi connectivity index (χ4v) is 2.70. The van der Waals surface area contributed by atoms with Crippen LogP contribution in [0.15, 0.2) is 15.9 Å². The monoisotopic (exact) mass is 345 g/mol. The maximum atomic E-state index is 11.8. The molecule has 1 aromatic heterocycles. The highest BCUT2D eigenvalue weighted by Crippen LogP contribution is 2.21. The number of halogens is 4. The van der Waals surface area contributed by atoms with E-state index in [0.717, 1.165) is 11.0 Å². The highest BCUT2D eigenvalue weighted by molar-refractivity contribution is 9.10. The highest BCUT2D eigenvalue weighted by atomic mass is 79.9. The molecule has 0 atom stereocenters. The van der Waals surface area contributed by atoms with Crippen LogP contribution in [-0.4, -0.2) is 25.9 Å². The molecule has 0 aliphatic rings. The number of hydrogen-bond acceptors (Lipinski definition) is 3. The molecule has 104 valence electrons. The van der Waals surface area contributed by atoms with Gasteiger partial charge < -0.3 is 10.1 Å². The van der Waals surface area contributed by atoms with Gasteiger partial charge in [0.1, 0.15) is 0 Å². The van der Waals surface area contributed by atoms with E-state index in [1.807, 2.05) is 11.4 Å². The Balaban J connectivity index is 1.90. The number of nitrogens with one attached hydrogen (secondary N) is 1. The molecule has 0 spiro atoms. The SMILES string of the molecule is FC(F)(F)CCCOCCNCc1cc(Br)cs1. The summed E-state index contributed by atoms with van der Waals surface area (Å²) in [4.78, 5) is 1.21. The predicted octanol–water partition coefficient (Wildman–Crippen LogP) is 3.96. The maximum absolute atomic E-state index is 11.8. The Morgan fingerprint density at radius 2 is 2.11 bits per heavy atom. The standard InChI is InChI=1S/C11H15BrF3NOS/c12-9-6-10(18-8-9)7-16-3-5-17-4-1-2-11(13,14)15/h6,8,16H,1-5,7H2. The van der Waals surface area contributed by atoms with Gasteiger partial charge in [-0.3, -0.25) is 0 Å². The molecular weight excluding hydrogens is 331 g/mol. The molecule has 7 heteroatoms. The molecular formula is C11H15BrF3NOS. The number of hydrogen-bond donors (Lipinski definition) is 1. The normalized spacial score (nSPS) is 12.0. The van der Waals surface area contributed by atoms with Gasteiger partial charge in [0.2, 0.25) is 0 Å². The Kier molecular flexibility index (Phi) is 7.21. The lowest BCUT2D eigenvalue weighted by molar-refractivity contribution is -0.137. The molecule has 2 nitrogen and oxygen atoms in total. The van der Waals surface area contributed by atoms with Gasteiger partial charge in [0.15, 0.2) is 0 Å². The third-order valence-corrected chi connectivity index (χ3v) is 3.79. The minimum absolute atomic E-state index is 0.0291. The average molecular weight is 346 g/mol. The van der Waals surface area contributed by atoms with E-state index in [9.17, 15) is 13.2 Å². The van der Waals surface area contributed by atoms with Crippen molar-refractivity contribution in [1.82, 2.24) is 5.32 Å². The second kappa shape index (κ2) is 8.14. The fraction of sp³-hybridized carbons (Fsp3) is 0.636. The molecule has 18 heavy (non-hydrogen) atoms. The van der Waals surface area contributed by atoms with Crippen molar-refractivity contribution < 1.29 is 17.9 Å². The van der Waals surface area contributed by atoms with Crippen LogP contribution in [0.1, 0.15) is 17.7 Å². The third kappa shape index (κ3) is 8.07. The molecule has 0 aliphatic heterocycles.